The van der Waals surface area contributed by atoms with Gasteiger partial charge in [-0.3, -0.25) is 9.59 Å². The van der Waals surface area contributed by atoms with Gasteiger partial charge in [-0.05, 0) is 58.0 Å². The Morgan fingerprint density at radius 2 is 1.83 bits per heavy atom. The first-order chi connectivity index (χ1) is 11.3. The van der Waals surface area contributed by atoms with E-state index < -0.39 is 29.5 Å². The second-order valence-electron chi connectivity index (χ2n) is 5.28. The minimum Gasteiger partial charge on any atom is -0.368 e. The molecule has 0 spiro atoms. The Balaban J connectivity index is 2.02. The van der Waals surface area contributed by atoms with Crippen molar-refractivity contribution in [2.45, 2.75) is 18.9 Å². The van der Waals surface area contributed by atoms with Crippen LogP contribution in [-0.2, 0) is 22.4 Å². The molecule has 2 rings (SSSR count). The van der Waals surface area contributed by atoms with Crippen LogP contribution in [0.2, 0.25) is 0 Å². The molecule has 0 aliphatic rings. The van der Waals surface area contributed by atoms with Crippen molar-refractivity contribution >= 4 is 34.4 Å². The van der Waals surface area contributed by atoms with Crippen LogP contribution in [0.3, 0.4) is 0 Å². The SMILES string of the molecule is NC(=O)[C@H](Cc1cccc(I)c1)NC(=O)Cc1ccc(F)c(F)c1. The van der Waals surface area contributed by atoms with Crippen LogP contribution in [0.15, 0.2) is 42.5 Å². The Labute approximate surface area is 151 Å². The molecule has 4 nitrogen and oxygen atoms in total. The molecule has 0 fully saturated rings. The standard InChI is InChI=1S/C17H15F2IN2O2/c18-13-5-4-11(7-14(13)19)9-16(23)22-15(17(21)24)8-10-2-1-3-12(20)6-10/h1-7,15H,8-9H2,(H2,21,24)(H,22,23)/t15-/m0/s1. The molecule has 126 valence electrons. The van der Waals surface area contributed by atoms with Gasteiger partial charge in [0.15, 0.2) is 11.6 Å². The summed E-state index contributed by atoms with van der Waals surface area (Å²) in [4.78, 5) is 23.6. The lowest BCUT2D eigenvalue weighted by Gasteiger charge is -2.16. The van der Waals surface area contributed by atoms with Crippen molar-refractivity contribution in [3.05, 3.63) is 68.8 Å². The normalized spacial score (nSPS) is 11.8. The molecule has 2 aromatic rings. The smallest absolute Gasteiger partial charge is 0.240 e. The number of hydrogen-bond donors (Lipinski definition) is 2. The zero-order valence-corrected chi connectivity index (χ0v) is 14.7. The zero-order chi connectivity index (χ0) is 17.7. The van der Waals surface area contributed by atoms with Crippen LogP contribution in [0.1, 0.15) is 11.1 Å². The number of amides is 2. The van der Waals surface area contributed by atoms with Crippen molar-refractivity contribution in [1.29, 1.82) is 0 Å². The first kappa shape index (κ1) is 18.3. The summed E-state index contributed by atoms with van der Waals surface area (Å²) >= 11 is 2.15. The van der Waals surface area contributed by atoms with Crippen LogP contribution in [0.4, 0.5) is 8.78 Å². The highest BCUT2D eigenvalue weighted by molar-refractivity contribution is 14.1. The maximum absolute atomic E-state index is 13.2. The second kappa shape index (κ2) is 8.18. The molecule has 0 radical (unpaired) electrons. The van der Waals surface area contributed by atoms with Crippen molar-refractivity contribution in [3.8, 4) is 0 Å². The summed E-state index contributed by atoms with van der Waals surface area (Å²) in [5.74, 6) is -3.15. The number of benzene rings is 2. The molecule has 0 bridgehead atoms. The third-order valence-electron chi connectivity index (χ3n) is 3.36. The second-order valence-corrected chi connectivity index (χ2v) is 6.53. The average Bonchev–Trinajstić information content (AvgIpc) is 2.50. The maximum Gasteiger partial charge on any atom is 0.240 e. The van der Waals surface area contributed by atoms with Crippen LogP contribution >= 0.6 is 22.6 Å². The van der Waals surface area contributed by atoms with Crippen LogP contribution in [0, 0.1) is 15.2 Å². The van der Waals surface area contributed by atoms with Gasteiger partial charge in [0.1, 0.15) is 6.04 Å². The average molecular weight is 444 g/mol. The van der Waals surface area contributed by atoms with E-state index in [2.05, 4.69) is 27.9 Å². The zero-order valence-electron chi connectivity index (χ0n) is 12.6. The Kier molecular flexibility index (Phi) is 6.24. The molecule has 24 heavy (non-hydrogen) atoms. The largest absolute Gasteiger partial charge is 0.368 e. The number of nitrogens with one attached hydrogen (secondary N) is 1. The quantitative estimate of drug-likeness (QED) is 0.672. The summed E-state index contributed by atoms with van der Waals surface area (Å²) in [5.41, 5.74) is 6.51. The van der Waals surface area contributed by atoms with E-state index in [1.165, 1.54) is 6.07 Å². The highest BCUT2D eigenvalue weighted by atomic mass is 127. The van der Waals surface area contributed by atoms with Gasteiger partial charge in [-0.15, -0.1) is 0 Å². The molecule has 0 saturated heterocycles. The molecule has 7 heteroatoms. The molecule has 3 N–H and O–H groups in total. The van der Waals surface area contributed by atoms with Gasteiger partial charge in [0, 0.05) is 9.99 Å². The fourth-order valence-corrected chi connectivity index (χ4v) is 2.81. The highest BCUT2D eigenvalue weighted by Crippen LogP contribution is 2.11. The van der Waals surface area contributed by atoms with Gasteiger partial charge in [0.2, 0.25) is 11.8 Å². The van der Waals surface area contributed by atoms with Gasteiger partial charge in [-0.25, -0.2) is 8.78 Å². The topological polar surface area (TPSA) is 72.2 Å². The summed E-state index contributed by atoms with van der Waals surface area (Å²) in [7, 11) is 0. The number of nitrogens with two attached hydrogens (primary N) is 1. The van der Waals surface area contributed by atoms with Crippen molar-refractivity contribution in [3.63, 3.8) is 0 Å². The number of halogens is 3. The predicted molar refractivity (Wildman–Crippen MR) is 94.1 cm³/mol. The molecule has 2 aromatic carbocycles. The molecular weight excluding hydrogens is 429 g/mol. The van der Waals surface area contributed by atoms with E-state index in [0.717, 1.165) is 21.3 Å². The minimum absolute atomic E-state index is 0.173. The number of carbonyl (C=O) groups is 2. The summed E-state index contributed by atoms with van der Waals surface area (Å²) in [5, 5.41) is 2.53. The molecule has 0 heterocycles. The number of rotatable bonds is 6. The van der Waals surface area contributed by atoms with E-state index in [1.54, 1.807) is 0 Å². The lowest BCUT2D eigenvalue weighted by molar-refractivity contribution is -0.127. The minimum atomic E-state index is -1.02. The van der Waals surface area contributed by atoms with Gasteiger partial charge < -0.3 is 11.1 Å². The Morgan fingerprint density at radius 3 is 2.46 bits per heavy atom. The molecule has 0 aromatic heterocycles. The van der Waals surface area contributed by atoms with E-state index in [4.69, 9.17) is 5.73 Å². The van der Waals surface area contributed by atoms with Crippen LogP contribution in [-0.4, -0.2) is 17.9 Å². The summed E-state index contributed by atoms with van der Waals surface area (Å²) in [6.45, 7) is 0. The molecular formula is C17H15F2IN2O2. The first-order valence-electron chi connectivity index (χ1n) is 7.12. The molecule has 1 atom stereocenters. The third kappa shape index (κ3) is 5.26. The van der Waals surface area contributed by atoms with Crippen molar-refractivity contribution in [1.82, 2.24) is 5.32 Å². The van der Waals surface area contributed by atoms with Crippen molar-refractivity contribution in [2.24, 2.45) is 5.73 Å². The lowest BCUT2D eigenvalue weighted by atomic mass is 10.0. The Morgan fingerprint density at radius 1 is 1.08 bits per heavy atom. The summed E-state index contributed by atoms with van der Waals surface area (Å²) < 4.78 is 27.1. The fraction of sp³-hybridized carbons (Fsp3) is 0.176. The molecule has 2 amide bonds. The number of primary amides is 1. The van der Waals surface area contributed by atoms with Crippen LogP contribution in [0.25, 0.3) is 0 Å². The Hall–Kier alpha value is -2.03. The summed E-state index contributed by atoms with van der Waals surface area (Å²) in [6, 6.07) is 9.82. The van der Waals surface area contributed by atoms with E-state index in [0.29, 0.717) is 5.56 Å². The van der Waals surface area contributed by atoms with E-state index in [9.17, 15) is 18.4 Å². The molecule has 0 saturated carbocycles. The highest BCUT2D eigenvalue weighted by Gasteiger charge is 2.19. The maximum atomic E-state index is 13.2. The van der Waals surface area contributed by atoms with Gasteiger partial charge in [-0.1, -0.05) is 18.2 Å². The van der Waals surface area contributed by atoms with Gasteiger partial charge in [-0.2, -0.15) is 0 Å². The monoisotopic (exact) mass is 444 g/mol. The summed E-state index contributed by atoms with van der Waals surface area (Å²) in [6.07, 6.45) is 0.0863. The van der Waals surface area contributed by atoms with E-state index in [-0.39, 0.29) is 12.8 Å². The molecule has 0 unspecified atom stereocenters. The van der Waals surface area contributed by atoms with Crippen LogP contribution < -0.4 is 11.1 Å². The predicted octanol–water partition coefficient (Wildman–Crippen LogP) is 2.32. The van der Waals surface area contributed by atoms with Crippen molar-refractivity contribution in [2.75, 3.05) is 0 Å². The fourth-order valence-electron chi connectivity index (χ4n) is 2.20. The van der Waals surface area contributed by atoms with Crippen molar-refractivity contribution < 1.29 is 18.4 Å². The van der Waals surface area contributed by atoms with E-state index in [1.807, 2.05) is 24.3 Å². The number of carbonyl (C=O) groups excluding carboxylic acids is 2. The number of hydrogen-bond acceptors (Lipinski definition) is 2. The van der Waals surface area contributed by atoms with Gasteiger partial charge in [0.25, 0.3) is 0 Å². The molecule has 0 aliphatic heterocycles. The van der Waals surface area contributed by atoms with Gasteiger partial charge in [0.05, 0.1) is 6.42 Å². The molecule has 0 aliphatic carbocycles. The van der Waals surface area contributed by atoms with Crippen LogP contribution in [0.5, 0.6) is 0 Å². The van der Waals surface area contributed by atoms with E-state index >= 15 is 0 Å². The Bertz CT molecular complexity index is 768. The third-order valence-corrected chi connectivity index (χ3v) is 4.03. The van der Waals surface area contributed by atoms with Gasteiger partial charge >= 0.3 is 0 Å². The first-order valence-corrected chi connectivity index (χ1v) is 8.20. The lowest BCUT2D eigenvalue weighted by Crippen LogP contribution is -2.46.